The van der Waals surface area contributed by atoms with E-state index in [1.54, 1.807) is 12.1 Å². The second kappa shape index (κ2) is 4.62. The van der Waals surface area contributed by atoms with E-state index in [0.29, 0.717) is 17.8 Å². The van der Waals surface area contributed by atoms with E-state index in [4.69, 9.17) is 15.4 Å². The zero-order chi connectivity index (χ0) is 12.3. The fourth-order valence-corrected chi connectivity index (χ4v) is 1.54. The minimum atomic E-state index is 0.480. The van der Waals surface area contributed by atoms with Crippen molar-refractivity contribution >= 4 is 11.4 Å². The van der Waals surface area contributed by atoms with E-state index < -0.39 is 0 Å². The lowest BCUT2D eigenvalue weighted by molar-refractivity contribution is 0.490. The molecule has 0 bridgehead atoms. The average Bonchev–Trinajstić information content (AvgIpc) is 2.73. The monoisotopic (exact) mass is 227 g/mol. The van der Waals surface area contributed by atoms with E-state index in [1.807, 2.05) is 31.2 Å². The van der Waals surface area contributed by atoms with Crippen LogP contribution in [0, 0.1) is 18.3 Å². The summed E-state index contributed by atoms with van der Waals surface area (Å²) in [6.07, 6.45) is 0. The summed E-state index contributed by atoms with van der Waals surface area (Å²) in [5.74, 6) is 1.76. The van der Waals surface area contributed by atoms with Gasteiger partial charge in [-0.1, -0.05) is 0 Å². The molecular weight excluding hydrogens is 214 g/mol. The largest absolute Gasteiger partial charge is 0.465 e. The second-order valence-electron chi connectivity index (χ2n) is 3.78. The summed E-state index contributed by atoms with van der Waals surface area (Å²) in [5.41, 5.74) is 7.56. The zero-order valence-electron chi connectivity index (χ0n) is 9.53. The number of benzene rings is 1. The van der Waals surface area contributed by atoms with Gasteiger partial charge in [-0.2, -0.15) is 5.26 Å². The first-order chi connectivity index (χ1) is 8.19. The average molecular weight is 227 g/mol. The van der Waals surface area contributed by atoms with Gasteiger partial charge in [-0.3, -0.25) is 0 Å². The number of nitrogens with one attached hydrogen (secondary N) is 1. The topological polar surface area (TPSA) is 75.0 Å². The van der Waals surface area contributed by atoms with Gasteiger partial charge in [0.25, 0.3) is 0 Å². The molecule has 1 heterocycles. The molecule has 4 nitrogen and oxygen atoms in total. The summed E-state index contributed by atoms with van der Waals surface area (Å²) >= 11 is 0. The lowest BCUT2D eigenvalue weighted by Crippen LogP contribution is -1.99. The zero-order valence-corrected chi connectivity index (χ0v) is 9.53. The van der Waals surface area contributed by atoms with Crippen LogP contribution in [-0.2, 0) is 6.54 Å². The van der Waals surface area contributed by atoms with Crippen LogP contribution < -0.4 is 11.1 Å². The van der Waals surface area contributed by atoms with Crippen molar-refractivity contribution in [3.05, 3.63) is 47.4 Å². The molecule has 2 aromatic rings. The molecule has 0 aliphatic carbocycles. The summed E-state index contributed by atoms with van der Waals surface area (Å²) in [6, 6.07) is 11.1. The molecule has 0 amide bonds. The van der Waals surface area contributed by atoms with E-state index in [2.05, 4.69) is 5.32 Å². The number of rotatable bonds is 3. The van der Waals surface area contributed by atoms with E-state index in [0.717, 1.165) is 17.2 Å². The molecule has 2 rings (SSSR count). The SMILES string of the molecule is Cc1ccc(CNc2ccc(C#N)c(N)c2)o1. The Hall–Kier alpha value is -2.41. The lowest BCUT2D eigenvalue weighted by Gasteiger charge is -2.06. The molecule has 0 saturated heterocycles. The molecule has 0 saturated carbocycles. The summed E-state index contributed by atoms with van der Waals surface area (Å²) in [5, 5.41) is 11.9. The van der Waals surface area contributed by atoms with Gasteiger partial charge in [0.05, 0.1) is 17.8 Å². The summed E-state index contributed by atoms with van der Waals surface area (Å²) in [4.78, 5) is 0. The molecule has 0 atom stereocenters. The van der Waals surface area contributed by atoms with Crippen LogP contribution in [0.15, 0.2) is 34.7 Å². The highest BCUT2D eigenvalue weighted by atomic mass is 16.3. The van der Waals surface area contributed by atoms with Gasteiger partial charge in [0, 0.05) is 5.69 Å². The molecule has 17 heavy (non-hydrogen) atoms. The van der Waals surface area contributed by atoms with Crippen molar-refractivity contribution in [3.8, 4) is 6.07 Å². The summed E-state index contributed by atoms with van der Waals surface area (Å²) < 4.78 is 5.43. The highest BCUT2D eigenvalue weighted by Crippen LogP contribution is 2.18. The standard InChI is InChI=1S/C13H13N3O/c1-9-2-5-12(17-9)8-16-11-4-3-10(7-14)13(15)6-11/h2-6,16H,8,15H2,1H3. The van der Waals surface area contributed by atoms with Gasteiger partial charge < -0.3 is 15.5 Å². The van der Waals surface area contributed by atoms with E-state index >= 15 is 0 Å². The van der Waals surface area contributed by atoms with Crippen molar-refractivity contribution in [1.29, 1.82) is 5.26 Å². The first-order valence-corrected chi connectivity index (χ1v) is 5.28. The van der Waals surface area contributed by atoms with Crippen molar-refractivity contribution in [2.45, 2.75) is 13.5 Å². The fraction of sp³-hybridized carbons (Fsp3) is 0.154. The molecule has 86 valence electrons. The summed E-state index contributed by atoms with van der Waals surface area (Å²) in [6.45, 7) is 2.50. The predicted molar refractivity (Wildman–Crippen MR) is 66.3 cm³/mol. The quantitative estimate of drug-likeness (QED) is 0.790. The first-order valence-electron chi connectivity index (χ1n) is 5.28. The van der Waals surface area contributed by atoms with Crippen molar-refractivity contribution in [1.82, 2.24) is 0 Å². The van der Waals surface area contributed by atoms with Gasteiger partial charge in [0.1, 0.15) is 17.6 Å². The van der Waals surface area contributed by atoms with Gasteiger partial charge in [-0.15, -0.1) is 0 Å². The Kier molecular flexibility index (Phi) is 3.01. The van der Waals surface area contributed by atoms with Crippen LogP contribution in [0.25, 0.3) is 0 Å². The number of anilines is 2. The van der Waals surface area contributed by atoms with Crippen LogP contribution >= 0.6 is 0 Å². The van der Waals surface area contributed by atoms with Crippen molar-refractivity contribution < 1.29 is 4.42 Å². The molecule has 0 spiro atoms. The van der Waals surface area contributed by atoms with E-state index in [-0.39, 0.29) is 0 Å². The highest BCUT2D eigenvalue weighted by molar-refractivity contribution is 5.62. The minimum Gasteiger partial charge on any atom is -0.465 e. The number of nitrogens with zero attached hydrogens (tertiary/aromatic N) is 1. The predicted octanol–water partition coefficient (Wildman–Crippen LogP) is 2.65. The molecule has 0 aliphatic heterocycles. The number of hydrogen-bond donors (Lipinski definition) is 2. The second-order valence-corrected chi connectivity index (χ2v) is 3.78. The van der Waals surface area contributed by atoms with Gasteiger partial charge in [-0.05, 0) is 37.3 Å². The maximum absolute atomic E-state index is 8.75. The molecule has 0 radical (unpaired) electrons. The molecule has 4 heteroatoms. The molecule has 1 aromatic carbocycles. The Bertz CT molecular complexity index is 566. The van der Waals surface area contributed by atoms with Gasteiger partial charge in [0.15, 0.2) is 0 Å². The number of nitriles is 1. The Morgan fingerprint density at radius 2 is 2.18 bits per heavy atom. The lowest BCUT2D eigenvalue weighted by atomic mass is 10.2. The fourth-order valence-electron chi connectivity index (χ4n) is 1.54. The van der Waals surface area contributed by atoms with Crippen molar-refractivity contribution in [3.63, 3.8) is 0 Å². The molecule has 1 aromatic heterocycles. The van der Waals surface area contributed by atoms with Crippen LogP contribution in [0.1, 0.15) is 17.1 Å². The number of furan rings is 1. The van der Waals surface area contributed by atoms with Crippen molar-refractivity contribution in [2.24, 2.45) is 0 Å². The van der Waals surface area contributed by atoms with Gasteiger partial charge in [0.2, 0.25) is 0 Å². The third kappa shape index (κ3) is 2.58. The number of nitrogens with two attached hydrogens (primary N) is 1. The van der Waals surface area contributed by atoms with Crippen LogP contribution in [0.5, 0.6) is 0 Å². The Balaban J connectivity index is 2.05. The molecule has 3 N–H and O–H groups in total. The molecule has 0 fully saturated rings. The first kappa shape index (κ1) is 11.1. The molecular formula is C13H13N3O. The maximum Gasteiger partial charge on any atom is 0.123 e. The number of nitrogen functional groups attached to an aromatic ring is 1. The Morgan fingerprint density at radius 1 is 1.35 bits per heavy atom. The van der Waals surface area contributed by atoms with Crippen LogP contribution in [0.4, 0.5) is 11.4 Å². The molecule has 0 unspecified atom stereocenters. The van der Waals surface area contributed by atoms with Crippen LogP contribution in [0.3, 0.4) is 0 Å². The third-order valence-electron chi connectivity index (χ3n) is 2.43. The van der Waals surface area contributed by atoms with E-state index in [9.17, 15) is 0 Å². The summed E-state index contributed by atoms with van der Waals surface area (Å²) in [7, 11) is 0. The number of hydrogen-bond acceptors (Lipinski definition) is 4. The maximum atomic E-state index is 8.75. The minimum absolute atomic E-state index is 0.480. The smallest absolute Gasteiger partial charge is 0.123 e. The van der Waals surface area contributed by atoms with Gasteiger partial charge in [-0.25, -0.2) is 0 Å². The number of aryl methyl sites for hydroxylation is 1. The van der Waals surface area contributed by atoms with Crippen LogP contribution in [0.2, 0.25) is 0 Å². The van der Waals surface area contributed by atoms with Gasteiger partial charge >= 0.3 is 0 Å². The van der Waals surface area contributed by atoms with Crippen LogP contribution in [-0.4, -0.2) is 0 Å². The van der Waals surface area contributed by atoms with E-state index in [1.165, 1.54) is 0 Å². The van der Waals surface area contributed by atoms with Crippen molar-refractivity contribution in [2.75, 3.05) is 11.1 Å². The molecule has 0 aliphatic rings. The normalized spacial score (nSPS) is 9.88. The third-order valence-corrected chi connectivity index (χ3v) is 2.43. The Morgan fingerprint density at radius 3 is 2.76 bits per heavy atom. The Labute approximate surface area is 99.7 Å². The highest BCUT2D eigenvalue weighted by Gasteiger charge is 2.01.